The van der Waals surface area contributed by atoms with Crippen molar-refractivity contribution >= 4 is 45.8 Å². The van der Waals surface area contributed by atoms with Crippen molar-refractivity contribution in [3.63, 3.8) is 0 Å². The summed E-state index contributed by atoms with van der Waals surface area (Å²) in [5, 5.41) is 4.52. The lowest BCUT2D eigenvalue weighted by Crippen LogP contribution is -2.46. The minimum absolute atomic E-state index is 0.119. The molecule has 1 fully saturated rings. The second-order valence-corrected chi connectivity index (χ2v) is 8.90. The van der Waals surface area contributed by atoms with E-state index < -0.39 is 5.66 Å². The fourth-order valence-corrected chi connectivity index (χ4v) is 4.61. The number of rotatable bonds is 3. The van der Waals surface area contributed by atoms with E-state index in [-0.39, 0.29) is 6.03 Å². The summed E-state index contributed by atoms with van der Waals surface area (Å²) in [6.45, 7) is 3.13. The molecule has 2 aliphatic heterocycles. The lowest BCUT2D eigenvalue weighted by Gasteiger charge is -2.35. The van der Waals surface area contributed by atoms with Gasteiger partial charge in [0.15, 0.2) is 5.66 Å². The monoisotopic (exact) mass is 456 g/mol. The van der Waals surface area contributed by atoms with Crippen LogP contribution >= 0.6 is 23.4 Å². The van der Waals surface area contributed by atoms with Crippen LogP contribution in [0.3, 0.4) is 0 Å². The Hall–Kier alpha value is -2.51. The first-order valence-electron chi connectivity index (χ1n) is 10.1. The van der Waals surface area contributed by atoms with Crippen LogP contribution in [0.4, 0.5) is 10.5 Å². The molecule has 1 N–H and O–H groups in total. The maximum absolute atomic E-state index is 12.8. The molecule has 0 aliphatic carbocycles. The van der Waals surface area contributed by atoms with E-state index >= 15 is 0 Å². The van der Waals surface area contributed by atoms with E-state index in [4.69, 9.17) is 26.3 Å². The highest BCUT2D eigenvalue weighted by atomic mass is 35.5. The number of aliphatic imine (C=N–C) groups is 2. The van der Waals surface area contributed by atoms with Crippen LogP contribution in [-0.2, 0) is 0 Å². The number of thioether (sulfide) groups is 1. The lowest BCUT2D eigenvalue weighted by atomic mass is 9.98. The number of urea groups is 1. The molecule has 2 amide bonds. The first-order valence-corrected chi connectivity index (χ1v) is 11.7. The highest BCUT2D eigenvalue weighted by molar-refractivity contribution is 8.15. The van der Waals surface area contributed by atoms with Gasteiger partial charge in [0.05, 0.1) is 12.8 Å². The highest BCUT2D eigenvalue weighted by Crippen LogP contribution is 2.35. The molecule has 6 nitrogen and oxygen atoms in total. The van der Waals surface area contributed by atoms with Gasteiger partial charge in [-0.1, -0.05) is 17.7 Å². The van der Waals surface area contributed by atoms with Gasteiger partial charge in [-0.15, -0.1) is 11.8 Å². The Labute approximate surface area is 191 Å². The van der Waals surface area contributed by atoms with Gasteiger partial charge in [0.2, 0.25) is 0 Å². The minimum Gasteiger partial charge on any atom is -0.497 e. The molecular formula is C23H25ClN4O2S. The molecule has 0 aromatic heterocycles. The standard InChI is InChI=1S/C23H25ClN4O2S/c1-15-4-7-17(24)14-19(15)25-22(29)28-12-10-23(11-13-28)26-20(21(27-23)31-3)16-5-8-18(30-2)9-6-16/h4-9,14H,10-13H2,1-3H3,(H,25,29). The Kier molecular flexibility index (Phi) is 6.25. The summed E-state index contributed by atoms with van der Waals surface area (Å²) in [6, 6.07) is 13.3. The van der Waals surface area contributed by atoms with E-state index in [1.165, 1.54) is 0 Å². The van der Waals surface area contributed by atoms with Crippen molar-refractivity contribution in [1.82, 2.24) is 4.90 Å². The number of methoxy groups -OCH3 is 1. The van der Waals surface area contributed by atoms with Crippen LogP contribution in [-0.4, -0.2) is 53.8 Å². The molecule has 8 heteroatoms. The molecule has 1 saturated heterocycles. The maximum atomic E-state index is 12.8. The van der Waals surface area contributed by atoms with E-state index in [0.29, 0.717) is 31.0 Å². The Balaban J connectivity index is 1.46. The second kappa shape index (κ2) is 8.93. The number of hydrogen-bond acceptors (Lipinski definition) is 5. The Morgan fingerprint density at radius 3 is 2.52 bits per heavy atom. The maximum Gasteiger partial charge on any atom is 0.321 e. The number of carbonyl (C=O) groups excluding carboxylic acids is 1. The number of nitrogens with zero attached hydrogens (tertiary/aromatic N) is 3. The molecule has 162 valence electrons. The SMILES string of the molecule is COc1ccc(C2=NC3(CCN(C(=O)Nc4cc(Cl)ccc4C)CC3)N=C2SC)cc1. The lowest BCUT2D eigenvalue weighted by molar-refractivity contribution is 0.175. The van der Waals surface area contributed by atoms with Crippen molar-refractivity contribution in [3.05, 3.63) is 58.6 Å². The van der Waals surface area contributed by atoms with Gasteiger partial charge in [-0.25, -0.2) is 9.79 Å². The van der Waals surface area contributed by atoms with Crippen LogP contribution < -0.4 is 10.1 Å². The molecule has 0 unspecified atom stereocenters. The number of carbonyl (C=O) groups is 1. The molecule has 4 rings (SSSR count). The largest absolute Gasteiger partial charge is 0.497 e. The van der Waals surface area contributed by atoms with Crippen molar-refractivity contribution in [2.24, 2.45) is 9.98 Å². The quantitative estimate of drug-likeness (QED) is 0.686. The minimum atomic E-state index is -0.490. The number of likely N-dealkylation sites (tertiary alicyclic amines) is 1. The summed E-state index contributed by atoms with van der Waals surface area (Å²) in [4.78, 5) is 24.6. The van der Waals surface area contributed by atoms with E-state index in [1.807, 2.05) is 54.5 Å². The van der Waals surface area contributed by atoms with Gasteiger partial charge >= 0.3 is 6.03 Å². The van der Waals surface area contributed by atoms with Gasteiger partial charge in [-0.05, 0) is 55.1 Å². The van der Waals surface area contributed by atoms with Gasteiger partial charge in [0, 0.05) is 42.2 Å². The Morgan fingerprint density at radius 1 is 1.16 bits per heavy atom. The number of benzene rings is 2. The van der Waals surface area contributed by atoms with E-state index in [1.54, 1.807) is 24.9 Å². The fourth-order valence-electron chi connectivity index (χ4n) is 3.82. The molecule has 0 atom stereocenters. The number of hydrogen-bond donors (Lipinski definition) is 1. The normalized spacial score (nSPS) is 17.4. The van der Waals surface area contributed by atoms with Crippen LogP contribution in [0.1, 0.15) is 24.0 Å². The number of aryl methyl sites for hydroxylation is 1. The van der Waals surface area contributed by atoms with Crippen molar-refractivity contribution in [2.75, 3.05) is 31.8 Å². The van der Waals surface area contributed by atoms with Crippen LogP contribution in [0.5, 0.6) is 5.75 Å². The van der Waals surface area contributed by atoms with Crippen LogP contribution in [0.25, 0.3) is 0 Å². The average Bonchev–Trinajstić information content (AvgIpc) is 3.15. The third-order valence-electron chi connectivity index (χ3n) is 5.68. The topological polar surface area (TPSA) is 66.3 Å². The smallest absolute Gasteiger partial charge is 0.321 e. The van der Waals surface area contributed by atoms with Gasteiger partial charge in [-0.3, -0.25) is 4.99 Å². The van der Waals surface area contributed by atoms with Crippen molar-refractivity contribution in [1.29, 1.82) is 0 Å². The predicted octanol–water partition coefficient (Wildman–Crippen LogP) is 5.25. The molecule has 2 aliphatic rings. The van der Waals surface area contributed by atoms with Crippen molar-refractivity contribution < 1.29 is 9.53 Å². The summed E-state index contributed by atoms with van der Waals surface area (Å²) in [5.41, 5.74) is 3.17. The summed E-state index contributed by atoms with van der Waals surface area (Å²) in [6.07, 6.45) is 3.41. The van der Waals surface area contributed by atoms with Gasteiger partial charge in [0.25, 0.3) is 0 Å². The third-order valence-corrected chi connectivity index (χ3v) is 6.59. The number of nitrogens with one attached hydrogen (secondary N) is 1. The Morgan fingerprint density at radius 2 is 1.87 bits per heavy atom. The zero-order chi connectivity index (χ0) is 22.0. The van der Waals surface area contributed by atoms with E-state index in [9.17, 15) is 4.79 Å². The number of piperidine rings is 1. The number of ether oxygens (including phenoxy) is 1. The summed E-state index contributed by atoms with van der Waals surface area (Å²) >= 11 is 7.68. The molecule has 31 heavy (non-hydrogen) atoms. The number of halogens is 1. The zero-order valence-corrected chi connectivity index (χ0v) is 19.4. The van der Waals surface area contributed by atoms with Crippen molar-refractivity contribution in [2.45, 2.75) is 25.4 Å². The van der Waals surface area contributed by atoms with Crippen LogP contribution in [0, 0.1) is 6.92 Å². The van der Waals surface area contributed by atoms with Gasteiger partial charge < -0.3 is 15.0 Å². The van der Waals surface area contributed by atoms with Crippen LogP contribution in [0.15, 0.2) is 52.4 Å². The van der Waals surface area contributed by atoms with E-state index in [0.717, 1.165) is 33.3 Å². The van der Waals surface area contributed by atoms with Gasteiger partial charge in [0.1, 0.15) is 10.8 Å². The third kappa shape index (κ3) is 4.57. The summed E-state index contributed by atoms with van der Waals surface area (Å²) in [5.74, 6) is 0.814. The number of anilines is 1. The molecule has 2 heterocycles. The molecule has 0 saturated carbocycles. The molecule has 0 bridgehead atoms. The second-order valence-electron chi connectivity index (χ2n) is 7.67. The summed E-state index contributed by atoms with van der Waals surface area (Å²) < 4.78 is 5.26. The fraction of sp³-hybridized carbons (Fsp3) is 0.348. The predicted molar refractivity (Wildman–Crippen MR) is 129 cm³/mol. The van der Waals surface area contributed by atoms with Crippen molar-refractivity contribution in [3.8, 4) is 5.75 Å². The molecule has 0 radical (unpaired) electrons. The zero-order valence-electron chi connectivity index (χ0n) is 17.8. The van der Waals surface area contributed by atoms with Crippen LogP contribution in [0.2, 0.25) is 5.02 Å². The molecule has 2 aromatic carbocycles. The van der Waals surface area contributed by atoms with E-state index in [2.05, 4.69) is 5.32 Å². The Bertz CT molecular complexity index is 1040. The molecule has 2 aromatic rings. The number of amides is 2. The van der Waals surface area contributed by atoms with Gasteiger partial charge in [-0.2, -0.15) is 0 Å². The highest BCUT2D eigenvalue weighted by Gasteiger charge is 2.40. The average molecular weight is 457 g/mol. The first kappa shape index (κ1) is 21.7. The molecular weight excluding hydrogens is 432 g/mol. The summed E-state index contributed by atoms with van der Waals surface area (Å²) in [7, 11) is 1.66. The molecule has 1 spiro atoms. The first-order chi connectivity index (χ1) is 14.9.